The van der Waals surface area contributed by atoms with Crippen molar-refractivity contribution in [2.24, 2.45) is 9.98 Å². The van der Waals surface area contributed by atoms with Crippen molar-refractivity contribution in [2.75, 3.05) is 0 Å². The van der Waals surface area contributed by atoms with Gasteiger partial charge in [0.15, 0.2) is 0 Å². The van der Waals surface area contributed by atoms with E-state index < -0.39 is 0 Å². The zero-order chi connectivity index (χ0) is 18.7. The molecular formula is C23H16N4O. The molecule has 6 rings (SSSR count). The fraction of sp³-hybridized carbons (Fsp3) is 0.0870. The molecule has 134 valence electrons. The SMILES string of the molecule is Oc1ccc2c(c1)CC(c1ccc3nc(-c4ccc5c(c4)N=CC5)[nH]c3c1)=N2. The van der Waals surface area contributed by atoms with Gasteiger partial charge in [0.1, 0.15) is 11.6 Å². The van der Waals surface area contributed by atoms with Gasteiger partial charge in [-0.1, -0.05) is 18.2 Å². The number of phenolic OH excluding ortho intramolecular Hbond substituents is 1. The number of hydrogen-bond donors (Lipinski definition) is 2. The maximum absolute atomic E-state index is 9.69. The predicted octanol–water partition coefficient (Wildman–Crippen LogP) is 4.87. The highest BCUT2D eigenvalue weighted by Gasteiger charge is 2.18. The Balaban J connectivity index is 1.38. The maximum Gasteiger partial charge on any atom is 0.138 e. The molecule has 1 aromatic heterocycles. The molecule has 28 heavy (non-hydrogen) atoms. The Hall–Kier alpha value is -3.73. The van der Waals surface area contributed by atoms with Crippen LogP contribution in [0.2, 0.25) is 0 Å². The summed E-state index contributed by atoms with van der Waals surface area (Å²) < 4.78 is 0. The molecular weight excluding hydrogens is 348 g/mol. The number of fused-ring (bicyclic) bond motifs is 3. The molecule has 3 heterocycles. The highest BCUT2D eigenvalue weighted by Crippen LogP contribution is 2.33. The number of nitrogens with one attached hydrogen (secondary N) is 1. The Bertz CT molecular complexity index is 1330. The first-order valence-electron chi connectivity index (χ1n) is 9.28. The first kappa shape index (κ1) is 15.3. The summed E-state index contributed by atoms with van der Waals surface area (Å²) in [5.74, 6) is 1.13. The standard InChI is InChI=1S/C23H16N4O/c28-17-4-6-18-16(9-17)12-21(25-18)14-3-5-19-22(10-14)27-23(26-19)15-2-1-13-7-8-24-20(13)11-15/h1-6,8-11,28H,7,12H2,(H,26,27). The van der Waals surface area contributed by atoms with Crippen LogP contribution in [0.5, 0.6) is 5.75 Å². The quantitative estimate of drug-likeness (QED) is 0.532. The molecule has 0 fully saturated rings. The van der Waals surface area contributed by atoms with Gasteiger partial charge in [-0.05, 0) is 53.1 Å². The summed E-state index contributed by atoms with van der Waals surface area (Å²) in [7, 11) is 0. The van der Waals surface area contributed by atoms with Crippen LogP contribution in [0.15, 0.2) is 64.6 Å². The van der Waals surface area contributed by atoms with Crippen LogP contribution in [0.25, 0.3) is 22.4 Å². The number of H-pyrrole nitrogens is 1. The number of phenols is 1. The summed E-state index contributed by atoms with van der Waals surface area (Å²) in [6, 6.07) is 17.8. The van der Waals surface area contributed by atoms with E-state index in [1.807, 2.05) is 18.3 Å². The van der Waals surface area contributed by atoms with Gasteiger partial charge in [-0.3, -0.25) is 9.98 Å². The van der Waals surface area contributed by atoms with E-state index in [4.69, 9.17) is 9.98 Å². The minimum atomic E-state index is 0.280. The number of rotatable bonds is 2. The van der Waals surface area contributed by atoms with E-state index in [9.17, 15) is 5.11 Å². The fourth-order valence-electron chi connectivity index (χ4n) is 3.93. The Kier molecular flexibility index (Phi) is 3.09. The summed E-state index contributed by atoms with van der Waals surface area (Å²) in [5, 5.41) is 9.69. The number of aromatic hydroxyl groups is 1. The molecule has 0 saturated heterocycles. The Morgan fingerprint density at radius 1 is 0.857 bits per heavy atom. The molecule has 0 atom stereocenters. The van der Waals surface area contributed by atoms with Crippen LogP contribution in [0.4, 0.5) is 11.4 Å². The summed E-state index contributed by atoms with van der Waals surface area (Å²) in [4.78, 5) is 17.3. The molecule has 0 radical (unpaired) electrons. The van der Waals surface area contributed by atoms with Crippen LogP contribution in [-0.2, 0) is 12.8 Å². The van der Waals surface area contributed by atoms with Gasteiger partial charge < -0.3 is 10.1 Å². The lowest BCUT2D eigenvalue weighted by Gasteiger charge is -2.01. The number of aromatic amines is 1. The molecule has 0 unspecified atom stereocenters. The molecule has 2 aliphatic rings. The monoisotopic (exact) mass is 364 g/mol. The highest BCUT2D eigenvalue weighted by molar-refractivity contribution is 6.08. The zero-order valence-electron chi connectivity index (χ0n) is 15.0. The third kappa shape index (κ3) is 2.36. The van der Waals surface area contributed by atoms with Gasteiger partial charge in [-0.2, -0.15) is 0 Å². The second-order valence-corrected chi connectivity index (χ2v) is 7.22. The van der Waals surface area contributed by atoms with E-state index in [2.05, 4.69) is 40.3 Å². The van der Waals surface area contributed by atoms with Crippen LogP contribution in [0.1, 0.15) is 16.7 Å². The lowest BCUT2D eigenvalue weighted by Crippen LogP contribution is -1.99. The van der Waals surface area contributed by atoms with E-state index in [1.165, 1.54) is 5.56 Å². The third-order valence-corrected chi connectivity index (χ3v) is 5.39. The molecule has 0 amide bonds. The van der Waals surface area contributed by atoms with Crippen LogP contribution in [-0.4, -0.2) is 27.0 Å². The summed E-state index contributed by atoms with van der Waals surface area (Å²) in [5.41, 5.74) is 9.29. The van der Waals surface area contributed by atoms with Crippen LogP contribution in [0, 0.1) is 0 Å². The van der Waals surface area contributed by atoms with Crippen molar-refractivity contribution < 1.29 is 5.11 Å². The second-order valence-electron chi connectivity index (χ2n) is 7.22. The van der Waals surface area contributed by atoms with Crippen LogP contribution >= 0.6 is 0 Å². The average molecular weight is 364 g/mol. The van der Waals surface area contributed by atoms with Crippen molar-refractivity contribution in [1.82, 2.24) is 9.97 Å². The minimum Gasteiger partial charge on any atom is -0.508 e. The molecule has 5 nitrogen and oxygen atoms in total. The third-order valence-electron chi connectivity index (χ3n) is 5.39. The lowest BCUT2D eigenvalue weighted by molar-refractivity contribution is 0.475. The fourth-order valence-corrected chi connectivity index (χ4v) is 3.93. The molecule has 2 aliphatic heterocycles. The second kappa shape index (κ2) is 5.63. The Labute approximate surface area is 161 Å². The van der Waals surface area contributed by atoms with Crippen molar-refractivity contribution in [2.45, 2.75) is 12.8 Å². The molecule has 0 aliphatic carbocycles. The lowest BCUT2D eigenvalue weighted by atomic mass is 10.0. The number of aromatic nitrogens is 2. The molecule has 4 aromatic rings. The maximum atomic E-state index is 9.69. The van der Waals surface area contributed by atoms with Gasteiger partial charge in [-0.15, -0.1) is 0 Å². The van der Waals surface area contributed by atoms with Crippen molar-refractivity contribution >= 4 is 34.3 Å². The van der Waals surface area contributed by atoms with E-state index in [-0.39, 0.29) is 5.75 Å². The molecule has 5 heteroatoms. The smallest absolute Gasteiger partial charge is 0.138 e. The first-order valence-corrected chi connectivity index (χ1v) is 9.28. The number of nitrogens with zero attached hydrogens (tertiary/aromatic N) is 3. The number of aliphatic imine (C=N–C) groups is 2. The number of imidazole rings is 1. The van der Waals surface area contributed by atoms with Crippen molar-refractivity contribution in [3.63, 3.8) is 0 Å². The summed E-state index contributed by atoms with van der Waals surface area (Å²) >= 11 is 0. The van der Waals surface area contributed by atoms with E-state index in [0.717, 1.165) is 63.5 Å². The average Bonchev–Trinajstić information content (AvgIpc) is 3.43. The first-order chi connectivity index (χ1) is 13.7. The Morgan fingerprint density at radius 2 is 1.79 bits per heavy atom. The van der Waals surface area contributed by atoms with Gasteiger partial charge in [0.05, 0.1) is 28.1 Å². The van der Waals surface area contributed by atoms with E-state index >= 15 is 0 Å². The van der Waals surface area contributed by atoms with Crippen molar-refractivity contribution in [3.8, 4) is 17.1 Å². The van der Waals surface area contributed by atoms with Crippen LogP contribution < -0.4 is 0 Å². The highest BCUT2D eigenvalue weighted by atomic mass is 16.3. The topological polar surface area (TPSA) is 73.6 Å². The molecule has 3 aromatic carbocycles. The predicted molar refractivity (Wildman–Crippen MR) is 111 cm³/mol. The van der Waals surface area contributed by atoms with Gasteiger partial charge >= 0.3 is 0 Å². The van der Waals surface area contributed by atoms with Gasteiger partial charge in [0.25, 0.3) is 0 Å². The molecule has 0 bridgehead atoms. The zero-order valence-corrected chi connectivity index (χ0v) is 15.0. The summed E-state index contributed by atoms with van der Waals surface area (Å²) in [6.45, 7) is 0. The van der Waals surface area contributed by atoms with Gasteiger partial charge in [-0.25, -0.2) is 4.98 Å². The molecule has 0 spiro atoms. The molecule has 0 saturated carbocycles. The van der Waals surface area contributed by atoms with Crippen LogP contribution in [0.3, 0.4) is 0 Å². The number of benzene rings is 3. The van der Waals surface area contributed by atoms with Gasteiger partial charge in [0, 0.05) is 24.6 Å². The van der Waals surface area contributed by atoms with E-state index in [0.29, 0.717) is 0 Å². The van der Waals surface area contributed by atoms with E-state index in [1.54, 1.807) is 12.1 Å². The summed E-state index contributed by atoms with van der Waals surface area (Å²) in [6.07, 6.45) is 3.57. The van der Waals surface area contributed by atoms with Gasteiger partial charge in [0.2, 0.25) is 0 Å². The van der Waals surface area contributed by atoms with Crippen molar-refractivity contribution in [3.05, 3.63) is 71.3 Å². The minimum absolute atomic E-state index is 0.280. The van der Waals surface area contributed by atoms with Crippen molar-refractivity contribution in [1.29, 1.82) is 0 Å². The Morgan fingerprint density at radius 3 is 2.75 bits per heavy atom. The molecule has 2 N–H and O–H groups in total. The number of hydrogen-bond acceptors (Lipinski definition) is 4. The normalized spacial score (nSPS) is 14.4. The largest absolute Gasteiger partial charge is 0.508 e.